The molecule has 12 heavy (non-hydrogen) atoms. The van der Waals surface area contributed by atoms with Gasteiger partial charge >= 0.3 is 0 Å². The van der Waals surface area contributed by atoms with E-state index < -0.39 is 0 Å². The molecule has 0 aliphatic heterocycles. The lowest BCUT2D eigenvalue weighted by Crippen LogP contribution is -1.95. The maximum atomic E-state index is 8.89. The van der Waals surface area contributed by atoms with Crippen LogP contribution in [0.2, 0.25) is 0 Å². The number of fused-ring (bicyclic) bond motifs is 1. The van der Waals surface area contributed by atoms with Gasteiger partial charge in [0.25, 0.3) is 0 Å². The van der Waals surface area contributed by atoms with E-state index in [4.69, 9.17) is 5.26 Å². The molecule has 2 nitrogen and oxygen atoms in total. The highest BCUT2D eigenvalue weighted by atomic mass is 14.7. The third-order valence-electron chi connectivity index (χ3n) is 2.45. The van der Waals surface area contributed by atoms with Crippen LogP contribution < -0.4 is 0 Å². The largest absolute Gasteiger partial charge is 0.260 e. The van der Waals surface area contributed by atoms with Crippen molar-refractivity contribution in [3.8, 4) is 6.07 Å². The molecule has 0 unspecified atom stereocenters. The zero-order chi connectivity index (χ0) is 8.55. The number of aryl methyl sites for hydroxylation is 2. The lowest BCUT2D eigenvalue weighted by atomic mass is 10.1. The first-order valence-electron chi connectivity index (χ1n) is 4.20. The summed E-state index contributed by atoms with van der Waals surface area (Å²) in [5, 5.41) is 8.89. The number of pyridine rings is 1. The quantitative estimate of drug-likeness (QED) is 0.576. The number of hydrogen-bond acceptors (Lipinski definition) is 2. The molecule has 1 aromatic rings. The first-order chi connectivity index (χ1) is 5.83. The first-order valence-corrected chi connectivity index (χ1v) is 4.20. The summed E-state index contributed by atoms with van der Waals surface area (Å²) in [7, 11) is 0. The fourth-order valence-electron chi connectivity index (χ4n) is 1.80. The average molecular weight is 158 g/mol. The molecule has 0 saturated carbocycles. The molecule has 0 spiro atoms. The maximum Gasteiger partial charge on any atom is 0.101 e. The van der Waals surface area contributed by atoms with Crippen LogP contribution in [0.4, 0.5) is 0 Å². The van der Waals surface area contributed by atoms with Crippen molar-refractivity contribution < 1.29 is 0 Å². The Labute approximate surface area is 71.9 Å². The van der Waals surface area contributed by atoms with Crippen molar-refractivity contribution in [1.29, 1.82) is 5.26 Å². The van der Waals surface area contributed by atoms with Crippen LogP contribution in [-0.4, -0.2) is 4.98 Å². The van der Waals surface area contributed by atoms with Crippen LogP contribution in [0.3, 0.4) is 0 Å². The smallest absolute Gasteiger partial charge is 0.101 e. The lowest BCUT2D eigenvalue weighted by Gasteiger charge is -2.02. The molecule has 0 atom stereocenters. The Morgan fingerprint density at radius 1 is 1.50 bits per heavy atom. The Morgan fingerprint density at radius 3 is 3.08 bits per heavy atom. The average Bonchev–Trinajstić information content (AvgIpc) is 2.52. The minimum absolute atomic E-state index is 0.810. The molecular formula is C10H10N2. The van der Waals surface area contributed by atoms with Gasteiger partial charge in [0.15, 0.2) is 0 Å². The van der Waals surface area contributed by atoms with Crippen molar-refractivity contribution in [3.63, 3.8) is 0 Å². The van der Waals surface area contributed by atoms with E-state index in [0.29, 0.717) is 0 Å². The van der Waals surface area contributed by atoms with Gasteiger partial charge in [-0.1, -0.05) is 0 Å². The highest BCUT2D eigenvalue weighted by Crippen LogP contribution is 2.25. The number of rotatable bonds is 0. The molecule has 2 rings (SSSR count). The molecule has 0 saturated heterocycles. The van der Waals surface area contributed by atoms with Crippen LogP contribution in [0.1, 0.15) is 28.8 Å². The van der Waals surface area contributed by atoms with E-state index in [-0.39, 0.29) is 0 Å². The van der Waals surface area contributed by atoms with Crippen LogP contribution in [0.25, 0.3) is 0 Å². The molecule has 0 fully saturated rings. The number of nitriles is 1. The van der Waals surface area contributed by atoms with E-state index in [0.717, 1.165) is 24.1 Å². The number of hydrogen-bond donors (Lipinski definition) is 0. The fraction of sp³-hybridized carbons (Fsp3) is 0.400. The molecule has 1 aliphatic carbocycles. The molecule has 0 aromatic carbocycles. The molecule has 0 amide bonds. The van der Waals surface area contributed by atoms with Gasteiger partial charge in [-0.15, -0.1) is 0 Å². The maximum absolute atomic E-state index is 8.89. The van der Waals surface area contributed by atoms with Gasteiger partial charge in [-0.05, 0) is 37.3 Å². The number of nitrogens with zero attached hydrogens (tertiary/aromatic N) is 2. The second-order valence-electron chi connectivity index (χ2n) is 3.19. The van der Waals surface area contributed by atoms with E-state index in [2.05, 4.69) is 11.1 Å². The summed E-state index contributed by atoms with van der Waals surface area (Å²) in [6.45, 7) is 1.90. The normalized spacial score (nSPS) is 14.0. The molecule has 1 aliphatic rings. The Kier molecular flexibility index (Phi) is 1.58. The predicted molar refractivity (Wildman–Crippen MR) is 45.7 cm³/mol. The van der Waals surface area contributed by atoms with E-state index in [1.807, 2.05) is 13.1 Å². The van der Waals surface area contributed by atoms with Crippen molar-refractivity contribution in [2.45, 2.75) is 26.2 Å². The zero-order valence-electron chi connectivity index (χ0n) is 7.09. The van der Waals surface area contributed by atoms with E-state index in [9.17, 15) is 0 Å². The molecule has 2 heteroatoms. The van der Waals surface area contributed by atoms with Gasteiger partial charge < -0.3 is 0 Å². The van der Waals surface area contributed by atoms with Crippen LogP contribution >= 0.6 is 0 Å². The summed E-state index contributed by atoms with van der Waals surface area (Å²) in [5.74, 6) is 0. The van der Waals surface area contributed by atoms with Crippen molar-refractivity contribution in [3.05, 3.63) is 28.6 Å². The van der Waals surface area contributed by atoms with E-state index >= 15 is 0 Å². The van der Waals surface area contributed by atoms with E-state index in [1.165, 1.54) is 17.5 Å². The van der Waals surface area contributed by atoms with Crippen LogP contribution in [0, 0.1) is 18.3 Å². The minimum atomic E-state index is 0.810. The second-order valence-corrected chi connectivity index (χ2v) is 3.19. The summed E-state index contributed by atoms with van der Waals surface area (Å²) in [6.07, 6.45) is 5.24. The van der Waals surface area contributed by atoms with Gasteiger partial charge in [-0.3, -0.25) is 4.98 Å². The van der Waals surface area contributed by atoms with Crippen molar-refractivity contribution >= 4 is 0 Å². The molecule has 0 N–H and O–H groups in total. The van der Waals surface area contributed by atoms with E-state index in [1.54, 1.807) is 0 Å². The monoisotopic (exact) mass is 158 g/mol. The van der Waals surface area contributed by atoms with Crippen LogP contribution in [-0.2, 0) is 12.8 Å². The predicted octanol–water partition coefficient (Wildman–Crippen LogP) is 1.75. The minimum Gasteiger partial charge on any atom is -0.260 e. The summed E-state index contributed by atoms with van der Waals surface area (Å²) >= 11 is 0. The molecule has 0 radical (unpaired) electrons. The molecule has 60 valence electrons. The van der Waals surface area contributed by atoms with Gasteiger partial charge in [-0.25, -0.2) is 0 Å². The number of aromatic nitrogens is 1. The second kappa shape index (κ2) is 2.60. The molecule has 1 aromatic heterocycles. The standard InChI is InChI=1S/C10H10N2/c1-7-10(5-11)9-4-2-3-8(9)6-12-7/h6H,2-4H2,1H3. The van der Waals surface area contributed by atoms with Crippen LogP contribution in [0.15, 0.2) is 6.20 Å². The highest BCUT2D eigenvalue weighted by molar-refractivity contribution is 5.46. The molecule has 1 heterocycles. The summed E-state index contributed by atoms with van der Waals surface area (Å²) in [4.78, 5) is 4.20. The lowest BCUT2D eigenvalue weighted by molar-refractivity contribution is 0.910. The Balaban J connectivity index is 2.67. The Morgan fingerprint density at radius 2 is 2.33 bits per heavy atom. The topological polar surface area (TPSA) is 36.7 Å². The summed E-state index contributed by atoms with van der Waals surface area (Å²) < 4.78 is 0. The van der Waals surface area contributed by atoms with Crippen molar-refractivity contribution in [1.82, 2.24) is 4.98 Å². The van der Waals surface area contributed by atoms with Gasteiger partial charge in [-0.2, -0.15) is 5.26 Å². The summed E-state index contributed by atoms with van der Waals surface area (Å²) in [6, 6.07) is 2.23. The van der Waals surface area contributed by atoms with Crippen molar-refractivity contribution in [2.24, 2.45) is 0 Å². The Bertz CT molecular complexity index is 361. The SMILES string of the molecule is Cc1ncc2c(c1C#N)CCC2. The first kappa shape index (κ1) is 7.30. The Hall–Kier alpha value is -1.36. The molecular weight excluding hydrogens is 148 g/mol. The zero-order valence-corrected chi connectivity index (χ0v) is 7.09. The highest BCUT2D eigenvalue weighted by Gasteiger charge is 2.16. The summed E-state index contributed by atoms with van der Waals surface area (Å²) in [5.41, 5.74) is 4.20. The third kappa shape index (κ3) is 0.902. The fourth-order valence-corrected chi connectivity index (χ4v) is 1.80. The van der Waals surface area contributed by atoms with Gasteiger partial charge in [0, 0.05) is 6.20 Å². The third-order valence-corrected chi connectivity index (χ3v) is 2.45. The van der Waals surface area contributed by atoms with Gasteiger partial charge in [0.1, 0.15) is 6.07 Å². The van der Waals surface area contributed by atoms with Gasteiger partial charge in [0.05, 0.1) is 11.3 Å². The van der Waals surface area contributed by atoms with Gasteiger partial charge in [0.2, 0.25) is 0 Å². The molecule has 0 bridgehead atoms. The van der Waals surface area contributed by atoms with Crippen molar-refractivity contribution in [2.75, 3.05) is 0 Å². The van der Waals surface area contributed by atoms with Crippen LogP contribution in [0.5, 0.6) is 0 Å².